The molecule has 0 aliphatic carbocycles. The van der Waals surface area contributed by atoms with E-state index in [2.05, 4.69) is 13.8 Å². The molecule has 92 valence electrons. The van der Waals surface area contributed by atoms with Crippen LogP contribution in [0.3, 0.4) is 0 Å². The van der Waals surface area contributed by atoms with Crippen molar-refractivity contribution in [3.63, 3.8) is 0 Å². The minimum atomic E-state index is 0. The molecule has 0 spiro atoms. The summed E-state index contributed by atoms with van der Waals surface area (Å²) in [6, 6.07) is 0. The number of hydrogen-bond donors (Lipinski definition) is 2. The maximum atomic E-state index is 2.25. The molecule has 0 aromatic rings. The van der Waals surface area contributed by atoms with Gasteiger partial charge >= 0.3 is 57.0 Å². The molecule has 0 saturated carbocycles. The van der Waals surface area contributed by atoms with E-state index in [0.29, 0.717) is 0 Å². The van der Waals surface area contributed by atoms with E-state index >= 15 is 0 Å². The van der Waals surface area contributed by atoms with E-state index in [-0.39, 0.29) is 104 Å². The van der Waals surface area contributed by atoms with Crippen LogP contribution in [-0.2, 0) is 0 Å². The van der Waals surface area contributed by atoms with Gasteiger partial charge in [0.1, 0.15) is 0 Å². The van der Waals surface area contributed by atoms with Gasteiger partial charge < -0.3 is 86.7 Å². The third-order valence-electron chi connectivity index (χ3n) is 0.577. The van der Waals surface area contributed by atoms with Gasteiger partial charge in [0.25, 0.3) is 0 Å². The Balaban J connectivity index is -0.00000000222. The van der Waals surface area contributed by atoms with Crippen LogP contribution in [0.1, 0.15) is 13.8 Å². The predicted molar refractivity (Wildman–Crippen MR) is 44.4 cm³/mol. The molecule has 0 heterocycles. The van der Waals surface area contributed by atoms with Crippen LogP contribution < -0.4 is 86.7 Å². The van der Waals surface area contributed by atoms with E-state index in [0.717, 1.165) is 15.2 Å². The fourth-order valence-electron chi connectivity index (χ4n) is 0.289. The molecule has 14 heavy (non-hydrogen) atoms. The number of rotatable bonds is 2. The van der Waals surface area contributed by atoms with Gasteiger partial charge in [-0.25, -0.2) is 0 Å². The summed E-state index contributed by atoms with van der Waals surface area (Å²) in [7, 11) is 0. The molecule has 0 aliphatic heterocycles. The van der Waals surface area contributed by atoms with E-state index in [1.165, 1.54) is 10.6 Å². The molecule has 0 atom stereocenters. The van der Waals surface area contributed by atoms with E-state index in [1.54, 1.807) is 0 Å². The van der Waals surface area contributed by atoms with Gasteiger partial charge in [-0.15, -0.1) is 0 Å². The number of quaternary nitrogens is 2. The van der Waals surface area contributed by atoms with Crippen LogP contribution in [0.5, 0.6) is 0 Å². The summed E-state index contributed by atoms with van der Waals surface area (Å²) in [4.78, 5) is 0. The molecule has 0 aromatic heterocycles. The van der Waals surface area contributed by atoms with Crippen LogP contribution in [0.2, 0.25) is 10.6 Å². The molecule has 8 N–H and O–H groups in total. The van der Waals surface area contributed by atoms with Crippen molar-refractivity contribution in [2.75, 3.05) is 0 Å². The Hall–Kier alpha value is 2.72. The fourth-order valence-corrected chi connectivity index (χ4v) is 0.866. The molecular formula is C4H18Al2Cl6N2. The van der Waals surface area contributed by atoms with Gasteiger partial charge in [0.15, 0.2) is 0 Å². The molecule has 0 amide bonds. The zero-order valence-electron chi connectivity index (χ0n) is 8.84. The molecule has 0 rings (SSSR count). The summed E-state index contributed by atoms with van der Waals surface area (Å²) in [5.41, 5.74) is 0. The zero-order valence-corrected chi connectivity index (χ0v) is 15.7. The molecule has 0 bridgehead atoms. The van der Waals surface area contributed by atoms with Gasteiger partial charge in [0.2, 0.25) is 0 Å². The largest absolute Gasteiger partial charge is 3.00 e. The summed E-state index contributed by atoms with van der Waals surface area (Å²) >= 11 is 0.815. The van der Waals surface area contributed by atoms with E-state index in [9.17, 15) is 0 Å². The second kappa shape index (κ2) is 104. The van der Waals surface area contributed by atoms with Gasteiger partial charge in [0.05, 0.1) is 0 Å². The third-order valence-corrected chi connectivity index (χ3v) is 1.73. The minimum absolute atomic E-state index is 0. The average molecular weight is 361 g/mol. The molecular weight excluding hydrogens is 343 g/mol. The van der Waals surface area contributed by atoms with Crippen molar-refractivity contribution in [3.05, 3.63) is 0 Å². The van der Waals surface area contributed by atoms with Gasteiger partial charge in [-0.2, -0.15) is 0 Å². The average Bonchev–Trinajstić information content (AvgIpc) is 1.41. The molecule has 0 unspecified atom stereocenters. The van der Waals surface area contributed by atoms with Crippen LogP contribution in [0.25, 0.3) is 0 Å². The maximum Gasteiger partial charge on any atom is 3.00 e. The minimum Gasteiger partial charge on any atom is -1.00 e. The first-order valence-electron chi connectivity index (χ1n) is 2.23. The topological polar surface area (TPSA) is 73.0 Å². The van der Waals surface area contributed by atoms with Crippen molar-refractivity contribution in [2.24, 2.45) is 0 Å². The first-order valence-corrected chi connectivity index (χ1v) is 3.86. The van der Waals surface area contributed by atoms with Gasteiger partial charge in [-0.1, -0.05) is 0 Å². The van der Waals surface area contributed by atoms with E-state index < -0.39 is 0 Å². The van der Waals surface area contributed by atoms with Crippen molar-refractivity contribution in [1.82, 2.24) is 12.3 Å². The summed E-state index contributed by atoms with van der Waals surface area (Å²) < 4.78 is 0. The van der Waals surface area contributed by atoms with Gasteiger partial charge in [0, 0.05) is 0 Å². The third kappa shape index (κ3) is 124. The molecule has 0 fully saturated rings. The Kier molecular flexibility index (Phi) is 680. The van der Waals surface area contributed by atoms with Crippen molar-refractivity contribution in [3.8, 4) is 0 Å². The summed E-state index contributed by atoms with van der Waals surface area (Å²) in [6.07, 6.45) is 0. The SMILES string of the molecule is C[CH2][Al+][CH2]C.[Al+3].[Cl-].[Cl-].[Cl-].[Cl-].[Cl-].[Cl-].[NH4+].[NH4+]. The Bertz CT molecular complexity index is 33.3. The van der Waals surface area contributed by atoms with Gasteiger partial charge in [-0.05, 0) is 0 Å². The Morgan fingerprint density at radius 2 is 0.786 bits per heavy atom. The molecule has 0 saturated heterocycles. The molecule has 0 aliphatic rings. The van der Waals surface area contributed by atoms with Crippen molar-refractivity contribution >= 4 is 32.6 Å². The van der Waals surface area contributed by atoms with Crippen LogP contribution in [0.15, 0.2) is 0 Å². The standard InChI is InChI=1S/2C2H5.2Al.6ClH.2H3N/c2*1-2;;;;;;;;;;/h2*1H2,2H3;;;6*1H;2*1H3/q;;+1;+3;;;;;;;;/p-4. The fraction of sp³-hybridized carbons (Fsp3) is 1.00. The van der Waals surface area contributed by atoms with Crippen LogP contribution in [0.4, 0.5) is 0 Å². The maximum absolute atomic E-state index is 2.25. The van der Waals surface area contributed by atoms with Gasteiger partial charge in [-0.3, -0.25) is 0 Å². The first kappa shape index (κ1) is 91.4. The number of hydrogen-bond acceptors (Lipinski definition) is 0. The van der Waals surface area contributed by atoms with Crippen LogP contribution in [-0.4, -0.2) is 32.6 Å². The smallest absolute Gasteiger partial charge is 1.00 e. The number of halogens is 6. The molecule has 0 radical (unpaired) electrons. The zero-order chi connectivity index (χ0) is 4.12. The Morgan fingerprint density at radius 3 is 0.786 bits per heavy atom. The van der Waals surface area contributed by atoms with Crippen molar-refractivity contribution in [1.29, 1.82) is 0 Å². The monoisotopic (exact) mass is 358 g/mol. The summed E-state index contributed by atoms with van der Waals surface area (Å²) in [5.74, 6) is 0. The quantitative estimate of drug-likeness (QED) is 0.459. The Labute approximate surface area is 142 Å². The molecule has 0 aromatic carbocycles. The van der Waals surface area contributed by atoms with E-state index in [1.807, 2.05) is 0 Å². The van der Waals surface area contributed by atoms with Crippen LogP contribution >= 0.6 is 0 Å². The summed E-state index contributed by atoms with van der Waals surface area (Å²) in [5, 5.41) is 2.85. The summed E-state index contributed by atoms with van der Waals surface area (Å²) in [6.45, 7) is 4.50. The Morgan fingerprint density at radius 1 is 0.643 bits per heavy atom. The predicted octanol–water partition coefficient (Wildman–Crippen LogP) is -16.0. The second-order valence-corrected chi connectivity index (χ2v) is 3.32. The molecule has 10 heteroatoms. The second-order valence-electron chi connectivity index (χ2n) is 1.11. The molecule has 2 nitrogen and oxygen atoms in total. The first-order chi connectivity index (χ1) is 2.41. The van der Waals surface area contributed by atoms with E-state index in [4.69, 9.17) is 0 Å². The normalized spacial score (nSPS) is 2.43. The van der Waals surface area contributed by atoms with Crippen LogP contribution in [0, 0.1) is 0 Å². The van der Waals surface area contributed by atoms with Crippen molar-refractivity contribution < 1.29 is 74.4 Å². The van der Waals surface area contributed by atoms with Crippen molar-refractivity contribution in [2.45, 2.75) is 24.4 Å².